The van der Waals surface area contributed by atoms with Crippen LogP contribution in [0.2, 0.25) is 0 Å². The highest BCUT2D eigenvalue weighted by atomic mass is 31.3. The fourth-order valence-corrected chi connectivity index (χ4v) is 4.67. The monoisotopic (exact) mass is 468 g/mol. The van der Waals surface area contributed by atoms with Crippen LogP contribution in [0.1, 0.15) is 0 Å². The molecule has 0 aliphatic carbocycles. The molecule has 1 saturated heterocycles. The molecule has 11 N–H and O–H groups in total. The Bertz CT molecular complexity index is 749. The molecule has 21 heteroatoms. The first-order valence-electron chi connectivity index (χ1n) is 6.99. The van der Waals surface area contributed by atoms with Crippen LogP contribution in [0.4, 0.5) is 17.8 Å². The smallest absolute Gasteiger partial charge is 0.368 e. The van der Waals surface area contributed by atoms with E-state index in [1.54, 1.807) is 0 Å². The molecule has 0 radical (unpaired) electrons. The number of anilines is 3. The maximum atomic E-state index is 11.4. The Kier molecular flexibility index (Phi) is 8.83. The zero-order valence-corrected chi connectivity index (χ0v) is 16.6. The molecule has 1 aliphatic rings. The van der Waals surface area contributed by atoms with Crippen molar-refractivity contribution < 1.29 is 46.5 Å². The Labute approximate surface area is 157 Å². The van der Waals surface area contributed by atoms with Gasteiger partial charge in [-0.05, 0) is 0 Å². The van der Waals surface area contributed by atoms with E-state index < -0.39 is 23.5 Å². The van der Waals surface area contributed by atoms with Gasteiger partial charge >= 0.3 is 23.5 Å². The van der Waals surface area contributed by atoms with E-state index in [9.17, 15) is 18.6 Å². The molecular formula is C7H19N8O10P3. The van der Waals surface area contributed by atoms with Gasteiger partial charge in [-0.3, -0.25) is 0 Å². The summed E-state index contributed by atoms with van der Waals surface area (Å²) >= 11 is 0. The number of aromatic nitrogens is 3. The van der Waals surface area contributed by atoms with Gasteiger partial charge in [-0.15, -0.1) is 0 Å². The molecule has 0 aromatic carbocycles. The van der Waals surface area contributed by atoms with E-state index in [0.717, 1.165) is 5.06 Å². The summed E-state index contributed by atoms with van der Waals surface area (Å²) < 4.78 is 44.3. The summed E-state index contributed by atoms with van der Waals surface area (Å²) in [7, 11) is -15.9. The molecule has 0 amide bonds. The summed E-state index contributed by atoms with van der Waals surface area (Å²) in [6.45, 7) is 1.33. The van der Waals surface area contributed by atoms with Crippen molar-refractivity contribution in [2.24, 2.45) is 0 Å². The summed E-state index contributed by atoms with van der Waals surface area (Å²) in [4.78, 5) is 45.2. The number of hydroxylamine groups is 2. The summed E-state index contributed by atoms with van der Waals surface area (Å²) in [5.41, 5.74) is 15.4. The SMILES string of the molecule is Nc1nc(N)nc(N)n1.O=P(O)(O)OP(=O)(O)OP(=O)(O)ON1CCNCC1. The van der Waals surface area contributed by atoms with E-state index >= 15 is 0 Å². The van der Waals surface area contributed by atoms with Gasteiger partial charge in [0.25, 0.3) is 0 Å². The van der Waals surface area contributed by atoms with E-state index in [2.05, 4.69) is 33.5 Å². The number of hydrogen-bond acceptors (Lipinski definition) is 14. The van der Waals surface area contributed by atoms with E-state index in [-0.39, 0.29) is 30.9 Å². The maximum absolute atomic E-state index is 11.4. The summed E-state index contributed by atoms with van der Waals surface area (Å²) in [6.07, 6.45) is 0. The lowest BCUT2D eigenvalue weighted by atomic mass is 10.4. The standard InChI is InChI=1S/C4H13N2O10P3.C3H6N6/c7-17(8,9)15-19(12,13)16-18(10,11)14-6-3-1-5-2-4-6;4-1-7-2(5)9-3(6)8-1/h5H,1-4H2,(H,10,11)(H,12,13)(H2,7,8,9);(H6,4,5,6,7,8,9). The molecule has 0 spiro atoms. The molecule has 0 bridgehead atoms. The predicted molar refractivity (Wildman–Crippen MR) is 92.5 cm³/mol. The largest absolute Gasteiger partial charge is 0.497 e. The third-order valence-corrected chi connectivity index (χ3v) is 6.16. The first-order chi connectivity index (χ1) is 12.7. The van der Waals surface area contributed by atoms with Crippen LogP contribution >= 0.6 is 23.5 Å². The summed E-state index contributed by atoms with van der Waals surface area (Å²) in [5, 5.41) is 3.92. The summed E-state index contributed by atoms with van der Waals surface area (Å²) in [5.74, 6) is 0.125. The molecule has 0 saturated carbocycles. The van der Waals surface area contributed by atoms with Crippen LogP contribution in [0.15, 0.2) is 0 Å². The van der Waals surface area contributed by atoms with E-state index in [1.807, 2.05) is 0 Å². The highest BCUT2D eigenvalue weighted by molar-refractivity contribution is 7.66. The van der Waals surface area contributed by atoms with Crippen molar-refractivity contribution in [2.75, 3.05) is 43.4 Å². The molecule has 1 aromatic rings. The van der Waals surface area contributed by atoms with Gasteiger partial charge in [0.15, 0.2) is 0 Å². The Balaban J connectivity index is 0.000000362. The third-order valence-electron chi connectivity index (χ3n) is 2.40. The lowest BCUT2D eigenvalue weighted by Crippen LogP contribution is -2.42. The van der Waals surface area contributed by atoms with Crippen LogP contribution in [-0.2, 0) is 26.9 Å². The average molecular weight is 468 g/mol. The van der Waals surface area contributed by atoms with E-state index in [1.165, 1.54) is 0 Å². The van der Waals surface area contributed by atoms with Crippen molar-refractivity contribution >= 4 is 41.3 Å². The molecule has 2 unspecified atom stereocenters. The second-order valence-electron chi connectivity index (χ2n) is 4.76. The second-order valence-corrected chi connectivity index (χ2v) is 9.09. The molecule has 2 atom stereocenters. The van der Waals surface area contributed by atoms with Crippen molar-refractivity contribution in [1.82, 2.24) is 25.3 Å². The van der Waals surface area contributed by atoms with Crippen LogP contribution in [0.5, 0.6) is 0 Å². The first-order valence-corrected chi connectivity index (χ1v) is 11.5. The van der Waals surface area contributed by atoms with Crippen molar-refractivity contribution in [1.29, 1.82) is 0 Å². The maximum Gasteiger partial charge on any atom is 0.497 e. The molecule has 1 aliphatic heterocycles. The topological polar surface area (TPSA) is 292 Å². The van der Waals surface area contributed by atoms with Crippen molar-refractivity contribution in [2.45, 2.75) is 0 Å². The van der Waals surface area contributed by atoms with Gasteiger partial charge in [0.2, 0.25) is 17.8 Å². The molecule has 2 heterocycles. The number of piperazine rings is 1. The Hall–Kier alpha value is -1.26. The van der Waals surface area contributed by atoms with Crippen LogP contribution < -0.4 is 22.5 Å². The van der Waals surface area contributed by atoms with Crippen LogP contribution in [-0.4, -0.2) is 65.8 Å². The van der Waals surface area contributed by atoms with Gasteiger partial charge in [0.05, 0.1) is 0 Å². The predicted octanol–water partition coefficient (Wildman–Crippen LogP) is -2.23. The van der Waals surface area contributed by atoms with Crippen molar-refractivity contribution in [3.05, 3.63) is 0 Å². The van der Waals surface area contributed by atoms with Crippen LogP contribution in [0, 0.1) is 0 Å². The quantitative estimate of drug-likeness (QED) is 0.205. The number of nitrogens with zero attached hydrogens (tertiary/aromatic N) is 4. The molecule has 28 heavy (non-hydrogen) atoms. The molecule has 162 valence electrons. The van der Waals surface area contributed by atoms with Crippen LogP contribution in [0.3, 0.4) is 0 Å². The van der Waals surface area contributed by atoms with Gasteiger partial charge in [-0.1, -0.05) is 0 Å². The van der Waals surface area contributed by atoms with E-state index in [0.29, 0.717) is 13.1 Å². The lowest BCUT2D eigenvalue weighted by molar-refractivity contribution is -0.0870. The van der Waals surface area contributed by atoms with Gasteiger partial charge in [-0.25, -0.2) is 13.7 Å². The van der Waals surface area contributed by atoms with Gasteiger partial charge < -0.3 is 42.1 Å². The Morgan fingerprint density at radius 3 is 1.64 bits per heavy atom. The van der Waals surface area contributed by atoms with Crippen molar-refractivity contribution in [3.63, 3.8) is 0 Å². The Morgan fingerprint density at radius 2 is 1.25 bits per heavy atom. The van der Waals surface area contributed by atoms with Gasteiger partial charge in [0, 0.05) is 26.2 Å². The summed E-state index contributed by atoms with van der Waals surface area (Å²) in [6, 6.07) is 0. The highest BCUT2D eigenvalue weighted by Gasteiger charge is 2.41. The number of hydrogen-bond donors (Lipinski definition) is 8. The number of rotatable bonds is 6. The average Bonchev–Trinajstić information content (AvgIpc) is 2.42. The number of nitrogens with one attached hydrogen (secondary N) is 1. The first kappa shape index (κ1) is 24.8. The minimum absolute atomic E-state index is 0.0417. The minimum Gasteiger partial charge on any atom is -0.368 e. The molecule has 18 nitrogen and oxygen atoms in total. The molecule has 2 rings (SSSR count). The molecule has 1 fully saturated rings. The van der Waals surface area contributed by atoms with E-state index in [4.69, 9.17) is 31.9 Å². The Morgan fingerprint density at radius 1 is 0.821 bits per heavy atom. The number of phosphoric acid groups is 3. The fourth-order valence-electron chi connectivity index (χ4n) is 1.59. The zero-order chi connectivity index (χ0) is 21.6. The second kappa shape index (κ2) is 9.98. The molecular weight excluding hydrogens is 449 g/mol. The zero-order valence-electron chi connectivity index (χ0n) is 13.9. The number of nitrogen functional groups attached to an aromatic ring is 3. The normalized spacial score (nSPS) is 19.7. The third kappa shape index (κ3) is 10.9. The number of nitrogens with two attached hydrogens (primary N) is 3. The van der Waals surface area contributed by atoms with Gasteiger partial charge in [0.1, 0.15) is 0 Å². The van der Waals surface area contributed by atoms with Crippen molar-refractivity contribution in [3.8, 4) is 0 Å². The van der Waals surface area contributed by atoms with Gasteiger partial charge in [-0.2, -0.15) is 33.3 Å². The van der Waals surface area contributed by atoms with Crippen LogP contribution in [0.25, 0.3) is 0 Å². The molecule has 1 aromatic heterocycles. The fraction of sp³-hybridized carbons (Fsp3) is 0.571. The minimum atomic E-state index is -5.45. The highest BCUT2D eigenvalue weighted by Crippen LogP contribution is 2.66. The lowest BCUT2D eigenvalue weighted by Gasteiger charge is -2.27.